The highest BCUT2D eigenvalue weighted by Gasteiger charge is 2.20. The minimum Gasteiger partial charge on any atom is -0.508 e. The molecule has 23 heavy (non-hydrogen) atoms. The van der Waals surface area contributed by atoms with Gasteiger partial charge in [0.1, 0.15) is 18.4 Å². The van der Waals surface area contributed by atoms with Crippen LogP contribution in [-0.4, -0.2) is 23.3 Å². The Morgan fingerprint density at radius 2 is 1.65 bits per heavy atom. The van der Waals surface area contributed by atoms with Crippen LogP contribution in [0, 0.1) is 0 Å². The second kappa shape index (κ2) is 7.95. The zero-order chi connectivity index (χ0) is 16.7. The molecule has 2 aromatic rings. The largest absolute Gasteiger partial charge is 0.516 e. The fourth-order valence-electron chi connectivity index (χ4n) is 1.87. The monoisotopic (exact) mass is 315 g/mol. The predicted molar refractivity (Wildman–Crippen MR) is 82.5 cm³/mol. The minimum absolute atomic E-state index is 0.0140. The van der Waals surface area contributed by atoms with Gasteiger partial charge in [0.15, 0.2) is 0 Å². The third-order valence-corrected chi connectivity index (χ3v) is 3.08. The van der Waals surface area contributed by atoms with Crippen LogP contribution in [0.2, 0.25) is 0 Å². The maximum atomic E-state index is 11.7. The molecule has 0 bridgehead atoms. The summed E-state index contributed by atoms with van der Waals surface area (Å²) >= 11 is 0. The van der Waals surface area contributed by atoms with Crippen LogP contribution in [-0.2, 0) is 27.3 Å². The first-order chi connectivity index (χ1) is 11.0. The topological polar surface area (TPSA) is 98.9 Å². The highest BCUT2D eigenvalue weighted by Crippen LogP contribution is 2.11. The smallest absolute Gasteiger partial charge is 0.508 e. The average molecular weight is 315 g/mol. The number of phenolic OH excluding ortho intramolecular Hbond substituents is 1. The van der Waals surface area contributed by atoms with Crippen LogP contribution < -0.4 is 5.73 Å². The molecule has 0 fully saturated rings. The van der Waals surface area contributed by atoms with Crippen molar-refractivity contribution < 1.29 is 24.2 Å². The molecule has 0 aliphatic rings. The molecule has 0 saturated heterocycles. The van der Waals surface area contributed by atoms with E-state index in [1.54, 1.807) is 24.3 Å². The Morgan fingerprint density at radius 1 is 1.00 bits per heavy atom. The van der Waals surface area contributed by atoms with Gasteiger partial charge in [-0.05, 0) is 29.7 Å². The molecule has 0 radical (unpaired) electrons. The molecule has 120 valence electrons. The molecule has 6 nitrogen and oxygen atoms in total. The van der Waals surface area contributed by atoms with Crippen molar-refractivity contribution in [2.75, 3.05) is 0 Å². The van der Waals surface area contributed by atoms with E-state index in [2.05, 4.69) is 4.74 Å². The lowest BCUT2D eigenvalue weighted by Crippen LogP contribution is -2.35. The molecule has 0 saturated carbocycles. The van der Waals surface area contributed by atoms with Gasteiger partial charge in [0, 0.05) is 0 Å². The molecule has 3 N–H and O–H groups in total. The lowest BCUT2D eigenvalue weighted by Gasteiger charge is -2.10. The first kappa shape index (κ1) is 16.5. The van der Waals surface area contributed by atoms with E-state index in [1.807, 2.05) is 18.2 Å². The average Bonchev–Trinajstić information content (AvgIpc) is 2.56. The second-order valence-corrected chi connectivity index (χ2v) is 4.92. The van der Waals surface area contributed by atoms with E-state index in [-0.39, 0.29) is 18.8 Å². The number of carbonyl (C=O) groups is 2. The number of ether oxygens (including phenoxy) is 2. The molecular formula is C17H17NO5. The zero-order valence-corrected chi connectivity index (χ0v) is 12.3. The number of aromatic hydroxyl groups is 1. The van der Waals surface area contributed by atoms with Gasteiger partial charge >= 0.3 is 12.1 Å². The summed E-state index contributed by atoms with van der Waals surface area (Å²) in [6.07, 6.45) is -0.898. The lowest BCUT2D eigenvalue weighted by molar-refractivity contribution is -0.141. The number of phenols is 1. The van der Waals surface area contributed by atoms with Gasteiger partial charge in [-0.15, -0.1) is 0 Å². The number of hydrogen-bond donors (Lipinski definition) is 2. The number of nitrogens with two attached hydrogens (primary N) is 1. The summed E-state index contributed by atoms with van der Waals surface area (Å²) < 4.78 is 9.40. The van der Waals surface area contributed by atoms with Crippen LogP contribution in [0.4, 0.5) is 4.79 Å². The quantitative estimate of drug-likeness (QED) is 0.648. The molecule has 6 heteroatoms. The van der Waals surface area contributed by atoms with Crippen LogP contribution in [0.15, 0.2) is 54.6 Å². The van der Waals surface area contributed by atoms with Gasteiger partial charge in [0.2, 0.25) is 0 Å². The molecule has 0 amide bonds. The first-order valence-corrected chi connectivity index (χ1v) is 7.00. The van der Waals surface area contributed by atoms with Crippen molar-refractivity contribution in [3.63, 3.8) is 0 Å². The van der Waals surface area contributed by atoms with E-state index < -0.39 is 18.2 Å². The normalized spacial score (nSPS) is 11.5. The van der Waals surface area contributed by atoms with Crippen molar-refractivity contribution in [3.05, 3.63) is 65.7 Å². The van der Waals surface area contributed by atoms with Gasteiger partial charge in [-0.3, -0.25) is 0 Å². The Labute approximate surface area is 133 Å². The highest BCUT2D eigenvalue weighted by molar-refractivity contribution is 5.85. The summed E-state index contributed by atoms with van der Waals surface area (Å²) in [6.45, 7) is 0.0140. The Balaban J connectivity index is 1.78. The third kappa shape index (κ3) is 5.44. The maximum absolute atomic E-state index is 11.7. The number of hydrogen-bond acceptors (Lipinski definition) is 6. The van der Waals surface area contributed by atoms with Crippen LogP contribution in [0.5, 0.6) is 5.75 Å². The van der Waals surface area contributed by atoms with Crippen LogP contribution in [0.3, 0.4) is 0 Å². The standard InChI is InChI=1S/C17H17NO5/c18-15(10-12-6-8-14(19)9-7-12)16(20)23-17(21)22-11-13-4-2-1-3-5-13/h1-9,15,19H,10-11,18H2/t15-/m0/s1. The molecule has 0 spiro atoms. The molecule has 1 atom stereocenters. The lowest BCUT2D eigenvalue weighted by atomic mass is 10.1. The zero-order valence-electron chi connectivity index (χ0n) is 12.3. The SMILES string of the molecule is N[C@@H](Cc1ccc(O)cc1)C(=O)OC(=O)OCc1ccccc1. The Morgan fingerprint density at radius 3 is 2.30 bits per heavy atom. The summed E-state index contributed by atoms with van der Waals surface area (Å²) in [5.41, 5.74) is 7.22. The van der Waals surface area contributed by atoms with E-state index in [9.17, 15) is 14.7 Å². The van der Waals surface area contributed by atoms with Gasteiger partial charge in [-0.2, -0.15) is 0 Å². The number of esters is 1. The van der Waals surface area contributed by atoms with Crippen molar-refractivity contribution in [3.8, 4) is 5.75 Å². The summed E-state index contributed by atoms with van der Waals surface area (Å²) in [5.74, 6) is -0.745. The molecule has 0 heterocycles. The van der Waals surface area contributed by atoms with Crippen molar-refractivity contribution in [2.24, 2.45) is 5.73 Å². The van der Waals surface area contributed by atoms with Gasteiger partial charge in [0.25, 0.3) is 0 Å². The van der Waals surface area contributed by atoms with Crippen molar-refractivity contribution in [1.82, 2.24) is 0 Å². The molecule has 0 aliphatic carbocycles. The molecular weight excluding hydrogens is 298 g/mol. The van der Waals surface area contributed by atoms with Crippen LogP contribution in [0.1, 0.15) is 11.1 Å². The van der Waals surface area contributed by atoms with Gasteiger partial charge in [-0.1, -0.05) is 42.5 Å². The van der Waals surface area contributed by atoms with Crippen molar-refractivity contribution >= 4 is 12.1 Å². The molecule has 0 unspecified atom stereocenters. The molecule has 0 aliphatic heterocycles. The summed E-state index contributed by atoms with van der Waals surface area (Å²) in [5, 5.41) is 9.19. The number of rotatable bonds is 5. The number of carbonyl (C=O) groups excluding carboxylic acids is 2. The second-order valence-electron chi connectivity index (χ2n) is 4.92. The summed E-state index contributed by atoms with van der Waals surface area (Å²) in [7, 11) is 0. The Kier molecular flexibility index (Phi) is 5.71. The van der Waals surface area contributed by atoms with E-state index in [0.717, 1.165) is 11.1 Å². The molecule has 2 rings (SSSR count). The summed E-state index contributed by atoms with van der Waals surface area (Å²) in [6, 6.07) is 14.3. The van der Waals surface area contributed by atoms with Gasteiger partial charge in [0.05, 0.1) is 0 Å². The first-order valence-electron chi connectivity index (χ1n) is 7.00. The maximum Gasteiger partial charge on any atom is 0.516 e. The van der Waals surface area contributed by atoms with Crippen LogP contribution >= 0.6 is 0 Å². The van der Waals surface area contributed by atoms with Crippen molar-refractivity contribution in [1.29, 1.82) is 0 Å². The molecule has 2 aromatic carbocycles. The number of benzene rings is 2. The fourth-order valence-corrected chi connectivity index (χ4v) is 1.87. The summed E-state index contributed by atoms with van der Waals surface area (Å²) in [4.78, 5) is 23.2. The van der Waals surface area contributed by atoms with Crippen LogP contribution in [0.25, 0.3) is 0 Å². The van der Waals surface area contributed by atoms with E-state index in [1.165, 1.54) is 12.1 Å². The Bertz CT molecular complexity index is 654. The highest BCUT2D eigenvalue weighted by atomic mass is 16.7. The van der Waals surface area contributed by atoms with Gasteiger partial charge in [-0.25, -0.2) is 9.59 Å². The molecule has 0 aromatic heterocycles. The van der Waals surface area contributed by atoms with E-state index in [0.29, 0.717) is 0 Å². The van der Waals surface area contributed by atoms with E-state index in [4.69, 9.17) is 10.5 Å². The minimum atomic E-state index is -1.08. The predicted octanol–water partition coefficient (Wildman–Crippen LogP) is 2.14. The van der Waals surface area contributed by atoms with E-state index >= 15 is 0 Å². The van der Waals surface area contributed by atoms with Gasteiger partial charge < -0.3 is 20.3 Å². The third-order valence-electron chi connectivity index (χ3n) is 3.08. The Hall–Kier alpha value is -2.86. The fraction of sp³-hybridized carbons (Fsp3) is 0.176. The van der Waals surface area contributed by atoms with Crippen molar-refractivity contribution in [2.45, 2.75) is 19.1 Å².